The van der Waals surface area contributed by atoms with Gasteiger partial charge in [0.1, 0.15) is 18.0 Å². The first kappa shape index (κ1) is 25.1. The van der Waals surface area contributed by atoms with E-state index in [1.54, 1.807) is 42.5 Å². The maximum absolute atomic E-state index is 13.3. The van der Waals surface area contributed by atoms with E-state index in [9.17, 15) is 21.6 Å². The Hall–Kier alpha value is -3.01. The average Bonchev–Trinajstić information content (AvgIpc) is 3.22. The highest BCUT2D eigenvalue weighted by Crippen LogP contribution is 2.34. The Bertz CT molecular complexity index is 1450. The van der Waals surface area contributed by atoms with Crippen LogP contribution in [-0.2, 0) is 22.6 Å². The summed E-state index contributed by atoms with van der Waals surface area (Å²) in [6.07, 6.45) is -3.53. The van der Waals surface area contributed by atoms with Gasteiger partial charge in [-0.3, -0.25) is 0 Å². The molecule has 35 heavy (non-hydrogen) atoms. The van der Waals surface area contributed by atoms with Crippen molar-refractivity contribution in [3.05, 3.63) is 94.2 Å². The van der Waals surface area contributed by atoms with E-state index in [2.05, 4.69) is 5.10 Å². The summed E-state index contributed by atoms with van der Waals surface area (Å²) in [7, 11) is -3.29. The molecule has 0 N–H and O–H groups in total. The number of hydrogen-bond donors (Lipinski definition) is 0. The van der Waals surface area contributed by atoms with Crippen LogP contribution in [0.3, 0.4) is 0 Å². The van der Waals surface area contributed by atoms with Crippen molar-refractivity contribution in [2.24, 2.45) is 0 Å². The van der Waals surface area contributed by atoms with Crippen molar-refractivity contribution in [3.63, 3.8) is 0 Å². The van der Waals surface area contributed by atoms with Crippen molar-refractivity contribution in [3.8, 4) is 22.6 Å². The van der Waals surface area contributed by atoms with E-state index in [0.29, 0.717) is 5.75 Å². The molecule has 0 fully saturated rings. The molecular formula is C24H17Cl2F3N2O3S. The molecule has 11 heteroatoms. The molecular weight excluding hydrogens is 524 g/mol. The van der Waals surface area contributed by atoms with Crippen molar-refractivity contribution < 1.29 is 26.3 Å². The predicted molar refractivity (Wildman–Crippen MR) is 128 cm³/mol. The maximum atomic E-state index is 13.3. The number of halogens is 5. The molecule has 0 unspecified atom stereocenters. The molecule has 4 aromatic rings. The lowest BCUT2D eigenvalue weighted by atomic mass is 10.1. The molecule has 1 aromatic heterocycles. The van der Waals surface area contributed by atoms with Crippen molar-refractivity contribution in [1.82, 2.24) is 9.78 Å². The third kappa shape index (κ3) is 5.63. The molecule has 0 saturated heterocycles. The van der Waals surface area contributed by atoms with E-state index in [0.717, 1.165) is 28.1 Å². The topological polar surface area (TPSA) is 61.2 Å². The molecule has 5 nitrogen and oxygen atoms in total. The fourth-order valence-electron chi connectivity index (χ4n) is 3.34. The van der Waals surface area contributed by atoms with Gasteiger partial charge >= 0.3 is 6.18 Å². The summed E-state index contributed by atoms with van der Waals surface area (Å²) < 4.78 is 70.0. The highest BCUT2D eigenvalue weighted by atomic mass is 35.5. The minimum Gasteiger partial charge on any atom is -0.487 e. The number of ether oxygens (including phenoxy) is 1. The molecule has 0 aliphatic carbocycles. The monoisotopic (exact) mass is 540 g/mol. The van der Waals surface area contributed by atoms with Gasteiger partial charge in [-0.2, -0.15) is 18.3 Å². The second-order valence-electron chi connectivity index (χ2n) is 7.61. The van der Waals surface area contributed by atoms with Gasteiger partial charge in [0.25, 0.3) is 0 Å². The van der Waals surface area contributed by atoms with Gasteiger partial charge in [0.05, 0.1) is 20.6 Å². The van der Waals surface area contributed by atoms with Crippen LogP contribution in [0.2, 0.25) is 10.0 Å². The van der Waals surface area contributed by atoms with Crippen LogP contribution in [-0.4, -0.2) is 24.5 Å². The number of nitrogens with zero attached hydrogens (tertiary/aromatic N) is 2. The van der Waals surface area contributed by atoms with Gasteiger partial charge in [-0.15, -0.1) is 0 Å². The Morgan fingerprint density at radius 1 is 0.914 bits per heavy atom. The Morgan fingerprint density at radius 3 is 1.97 bits per heavy atom. The average molecular weight is 541 g/mol. The molecule has 3 aromatic carbocycles. The Balaban J connectivity index is 1.57. The smallest absolute Gasteiger partial charge is 0.435 e. The lowest BCUT2D eigenvalue weighted by Crippen LogP contribution is -2.09. The number of hydrogen-bond acceptors (Lipinski definition) is 4. The Labute approximate surface area is 209 Å². The van der Waals surface area contributed by atoms with Gasteiger partial charge < -0.3 is 4.74 Å². The van der Waals surface area contributed by atoms with E-state index in [1.807, 2.05) is 0 Å². The predicted octanol–water partition coefficient (Wildman–Crippen LogP) is 6.85. The first-order valence-electron chi connectivity index (χ1n) is 10.1. The van der Waals surface area contributed by atoms with Crippen molar-refractivity contribution in [1.29, 1.82) is 0 Å². The number of rotatable bonds is 6. The van der Waals surface area contributed by atoms with Crippen LogP contribution < -0.4 is 4.74 Å². The summed E-state index contributed by atoms with van der Waals surface area (Å²) in [5, 5.41) is 3.94. The van der Waals surface area contributed by atoms with E-state index in [1.165, 1.54) is 24.3 Å². The van der Waals surface area contributed by atoms with Crippen LogP contribution in [0.1, 0.15) is 11.4 Å². The first-order chi connectivity index (χ1) is 16.4. The van der Waals surface area contributed by atoms with Gasteiger partial charge in [-0.1, -0.05) is 53.5 Å². The minimum absolute atomic E-state index is 0.104. The zero-order chi connectivity index (χ0) is 25.4. The van der Waals surface area contributed by atoms with Crippen molar-refractivity contribution in [2.45, 2.75) is 17.7 Å². The van der Waals surface area contributed by atoms with E-state index in [-0.39, 0.29) is 32.9 Å². The van der Waals surface area contributed by atoms with Crippen molar-refractivity contribution in [2.75, 3.05) is 6.26 Å². The molecule has 0 bridgehead atoms. The standard InChI is InChI=1S/C24H17Cl2F3N2O3S/c1-35(32,33)19-11-7-16(8-12-19)15-5-9-18(10-6-15)34-14-17-13-22(24(27,28)29)30-31(17)23-20(25)3-2-4-21(23)26/h2-13H,14H2,1H3. The van der Waals surface area contributed by atoms with E-state index >= 15 is 0 Å². The summed E-state index contributed by atoms with van der Waals surface area (Å²) in [6.45, 7) is -0.229. The van der Waals surface area contributed by atoms with Crippen LogP contribution >= 0.6 is 23.2 Å². The summed E-state index contributed by atoms with van der Waals surface area (Å²) in [4.78, 5) is 0.217. The molecule has 182 valence electrons. The van der Waals surface area contributed by atoms with E-state index in [4.69, 9.17) is 27.9 Å². The van der Waals surface area contributed by atoms with Crippen LogP contribution in [0.5, 0.6) is 5.75 Å². The third-order valence-electron chi connectivity index (χ3n) is 5.08. The zero-order valence-electron chi connectivity index (χ0n) is 18.1. The summed E-state index contributed by atoms with van der Waals surface area (Å²) in [6, 6.07) is 18.7. The fourth-order valence-corrected chi connectivity index (χ4v) is 4.53. The van der Waals surface area contributed by atoms with Gasteiger partial charge in [0.15, 0.2) is 15.5 Å². The lowest BCUT2D eigenvalue weighted by molar-refractivity contribution is -0.141. The van der Waals surface area contributed by atoms with Gasteiger partial charge in [0, 0.05) is 6.26 Å². The zero-order valence-corrected chi connectivity index (χ0v) is 20.4. The van der Waals surface area contributed by atoms with E-state index < -0.39 is 21.7 Å². The minimum atomic E-state index is -4.66. The normalized spacial score (nSPS) is 12.1. The molecule has 0 spiro atoms. The third-order valence-corrected chi connectivity index (χ3v) is 6.82. The largest absolute Gasteiger partial charge is 0.487 e. The van der Waals surface area contributed by atoms with Crippen LogP contribution in [0, 0.1) is 0 Å². The number of para-hydroxylation sites is 1. The fraction of sp³-hybridized carbons (Fsp3) is 0.125. The first-order valence-corrected chi connectivity index (χ1v) is 12.7. The lowest BCUT2D eigenvalue weighted by Gasteiger charge is -2.12. The Morgan fingerprint density at radius 2 is 1.46 bits per heavy atom. The molecule has 0 aliphatic rings. The van der Waals surface area contributed by atoms with Crippen LogP contribution in [0.25, 0.3) is 16.8 Å². The molecule has 1 heterocycles. The van der Waals surface area contributed by atoms with Crippen LogP contribution in [0.15, 0.2) is 77.7 Å². The molecule has 0 amide bonds. The molecule has 0 atom stereocenters. The summed E-state index contributed by atoms with van der Waals surface area (Å²) in [5.74, 6) is 0.410. The number of alkyl halides is 3. The SMILES string of the molecule is CS(=O)(=O)c1ccc(-c2ccc(OCc3cc(C(F)(F)F)nn3-c3c(Cl)cccc3Cl)cc2)cc1. The maximum Gasteiger partial charge on any atom is 0.435 e. The Kier molecular flexibility index (Phi) is 6.86. The number of benzene rings is 3. The van der Waals surface area contributed by atoms with Crippen molar-refractivity contribution >= 4 is 33.0 Å². The highest BCUT2D eigenvalue weighted by Gasteiger charge is 2.35. The second kappa shape index (κ2) is 9.56. The highest BCUT2D eigenvalue weighted by molar-refractivity contribution is 7.90. The van der Waals surface area contributed by atoms with Gasteiger partial charge in [-0.05, 0) is 53.6 Å². The summed E-state index contributed by atoms with van der Waals surface area (Å²) in [5.41, 5.74) is 0.736. The van der Waals surface area contributed by atoms with Crippen LogP contribution in [0.4, 0.5) is 13.2 Å². The number of sulfone groups is 1. The van der Waals surface area contributed by atoms with Gasteiger partial charge in [-0.25, -0.2) is 13.1 Å². The molecule has 0 aliphatic heterocycles. The quantitative estimate of drug-likeness (QED) is 0.268. The molecule has 0 saturated carbocycles. The van der Waals surface area contributed by atoms with Gasteiger partial charge in [0.2, 0.25) is 0 Å². The summed E-state index contributed by atoms with van der Waals surface area (Å²) >= 11 is 12.4. The second-order valence-corrected chi connectivity index (χ2v) is 10.4. The molecule has 4 rings (SSSR count). The molecule has 0 radical (unpaired) electrons. The number of aromatic nitrogens is 2.